The minimum atomic E-state index is -3.84. The van der Waals surface area contributed by atoms with Crippen LogP contribution in [-0.2, 0) is 14.8 Å². The number of likely N-dealkylation sites (N-methyl/N-ethyl adjacent to an activating group) is 1. The highest BCUT2D eigenvalue weighted by Crippen LogP contribution is 2.21. The number of benzene rings is 2. The highest BCUT2D eigenvalue weighted by Gasteiger charge is 2.30. The van der Waals surface area contributed by atoms with Gasteiger partial charge in [-0.1, -0.05) is 29.8 Å². The molecule has 1 N–H and O–H groups in total. The van der Waals surface area contributed by atoms with E-state index < -0.39 is 16.1 Å². The van der Waals surface area contributed by atoms with Crippen molar-refractivity contribution in [3.8, 4) is 0 Å². The molecular formula is C19H22N2O4S. The Kier molecular flexibility index (Phi) is 5.94. The number of carbonyl (C=O) groups excluding carboxylic acids is 2. The fraction of sp³-hybridized carbons (Fsp3) is 0.263. The van der Waals surface area contributed by atoms with E-state index in [0.29, 0.717) is 11.3 Å². The summed E-state index contributed by atoms with van der Waals surface area (Å²) in [5.41, 5.74) is 1.99. The van der Waals surface area contributed by atoms with Crippen molar-refractivity contribution in [2.24, 2.45) is 0 Å². The lowest BCUT2D eigenvalue weighted by molar-refractivity contribution is -0.114. The fourth-order valence-corrected chi connectivity index (χ4v) is 3.74. The van der Waals surface area contributed by atoms with Gasteiger partial charge in [-0.25, -0.2) is 8.42 Å². The Balaban J connectivity index is 2.22. The number of sulfonamides is 1. The molecule has 0 fully saturated rings. The molecule has 0 aliphatic heterocycles. The monoisotopic (exact) mass is 374 g/mol. The van der Waals surface area contributed by atoms with E-state index in [1.165, 1.54) is 38.2 Å². The number of aryl methyl sites for hydroxylation is 1. The molecule has 0 aromatic heterocycles. The molecule has 0 saturated carbocycles. The standard InChI is InChI=1S/C19H22N2O4S/c1-13-5-7-16(8-6-13)19(23)14(2)21(4)26(24,25)18-11-9-17(10-12-18)20-15(3)22/h5-12,14H,1-4H3,(H,20,22). The third-order valence-corrected chi connectivity index (χ3v) is 6.05. The molecule has 2 rings (SSSR count). The first-order valence-corrected chi connectivity index (χ1v) is 9.53. The van der Waals surface area contributed by atoms with Crippen molar-refractivity contribution >= 4 is 27.4 Å². The first-order valence-electron chi connectivity index (χ1n) is 8.09. The van der Waals surface area contributed by atoms with E-state index in [1.54, 1.807) is 19.1 Å². The number of nitrogens with zero attached hydrogens (tertiary/aromatic N) is 1. The largest absolute Gasteiger partial charge is 0.326 e. The number of carbonyl (C=O) groups is 2. The van der Waals surface area contributed by atoms with Gasteiger partial charge in [-0.05, 0) is 38.1 Å². The molecule has 0 bridgehead atoms. The third-order valence-electron chi connectivity index (χ3n) is 4.11. The normalized spacial score (nSPS) is 12.7. The van der Waals surface area contributed by atoms with Crippen LogP contribution in [0.3, 0.4) is 0 Å². The van der Waals surface area contributed by atoms with Crippen LogP contribution in [0, 0.1) is 6.92 Å². The predicted octanol–water partition coefficient (Wildman–Crippen LogP) is 2.85. The van der Waals surface area contributed by atoms with Crippen LogP contribution >= 0.6 is 0 Å². The lowest BCUT2D eigenvalue weighted by atomic mass is 10.0. The zero-order valence-electron chi connectivity index (χ0n) is 15.2. The first-order chi connectivity index (χ1) is 12.1. The second-order valence-corrected chi connectivity index (χ2v) is 8.13. The predicted molar refractivity (Wildman–Crippen MR) is 101 cm³/mol. The van der Waals surface area contributed by atoms with Crippen LogP contribution in [0.5, 0.6) is 0 Å². The maximum atomic E-state index is 12.8. The van der Waals surface area contributed by atoms with Gasteiger partial charge < -0.3 is 5.32 Å². The highest BCUT2D eigenvalue weighted by molar-refractivity contribution is 7.89. The van der Waals surface area contributed by atoms with Gasteiger partial charge in [0, 0.05) is 25.2 Å². The van der Waals surface area contributed by atoms with Crippen LogP contribution in [0.1, 0.15) is 29.8 Å². The van der Waals surface area contributed by atoms with Gasteiger partial charge in [0.05, 0.1) is 10.9 Å². The Morgan fingerprint density at radius 2 is 1.54 bits per heavy atom. The summed E-state index contributed by atoms with van der Waals surface area (Å²) >= 11 is 0. The van der Waals surface area contributed by atoms with Crippen LogP contribution in [0.4, 0.5) is 5.69 Å². The van der Waals surface area contributed by atoms with Gasteiger partial charge in [-0.3, -0.25) is 9.59 Å². The number of anilines is 1. The lowest BCUT2D eigenvalue weighted by Crippen LogP contribution is -2.40. The van der Waals surface area contributed by atoms with Gasteiger partial charge in [-0.15, -0.1) is 0 Å². The van der Waals surface area contributed by atoms with Crippen molar-refractivity contribution in [2.45, 2.75) is 31.7 Å². The van der Waals surface area contributed by atoms with Crippen molar-refractivity contribution in [3.05, 3.63) is 59.7 Å². The molecule has 7 heteroatoms. The molecule has 1 atom stereocenters. The second kappa shape index (κ2) is 7.80. The third kappa shape index (κ3) is 4.36. The molecule has 0 aliphatic carbocycles. The number of hydrogen-bond acceptors (Lipinski definition) is 4. The molecule has 1 amide bonds. The molecule has 0 spiro atoms. The van der Waals surface area contributed by atoms with Crippen LogP contribution in [0.25, 0.3) is 0 Å². The molecule has 138 valence electrons. The van der Waals surface area contributed by atoms with E-state index in [9.17, 15) is 18.0 Å². The summed E-state index contributed by atoms with van der Waals surface area (Å²) in [6.07, 6.45) is 0. The number of rotatable bonds is 6. The quantitative estimate of drug-likeness (QED) is 0.788. The van der Waals surface area contributed by atoms with E-state index in [4.69, 9.17) is 0 Å². The number of Topliss-reactive ketones (excluding diaryl/α,β-unsaturated/α-hetero) is 1. The van der Waals surface area contributed by atoms with Crippen molar-refractivity contribution in [1.82, 2.24) is 4.31 Å². The Hall–Kier alpha value is -2.51. The zero-order valence-corrected chi connectivity index (χ0v) is 16.0. The Labute approximate surface area is 153 Å². The molecule has 0 saturated heterocycles. The molecule has 0 aliphatic rings. The average molecular weight is 374 g/mol. The van der Waals surface area contributed by atoms with E-state index in [1.807, 2.05) is 19.1 Å². The van der Waals surface area contributed by atoms with E-state index in [0.717, 1.165) is 9.87 Å². The highest BCUT2D eigenvalue weighted by atomic mass is 32.2. The summed E-state index contributed by atoms with van der Waals surface area (Å²) in [4.78, 5) is 23.7. The Morgan fingerprint density at radius 1 is 1.00 bits per heavy atom. The van der Waals surface area contributed by atoms with Gasteiger partial charge in [0.15, 0.2) is 5.78 Å². The van der Waals surface area contributed by atoms with Crippen molar-refractivity contribution in [3.63, 3.8) is 0 Å². The maximum absolute atomic E-state index is 12.8. The molecule has 1 unspecified atom stereocenters. The first kappa shape index (κ1) is 19.8. The zero-order chi connectivity index (χ0) is 19.5. The molecule has 2 aromatic carbocycles. The Morgan fingerprint density at radius 3 is 2.04 bits per heavy atom. The summed E-state index contributed by atoms with van der Waals surface area (Å²) in [7, 11) is -2.46. The van der Waals surface area contributed by atoms with Gasteiger partial charge >= 0.3 is 0 Å². The second-order valence-electron chi connectivity index (χ2n) is 6.13. The minimum Gasteiger partial charge on any atom is -0.326 e. The van der Waals surface area contributed by atoms with Crippen molar-refractivity contribution in [2.75, 3.05) is 12.4 Å². The number of hydrogen-bond donors (Lipinski definition) is 1. The summed E-state index contributed by atoms with van der Waals surface area (Å²) < 4.78 is 26.6. The van der Waals surface area contributed by atoms with Crippen LogP contribution in [0.15, 0.2) is 53.4 Å². The topological polar surface area (TPSA) is 83.6 Å². The van der Waals surface area contributed by atoms with E-state index >= 15 is 0 Å². The fourth-order valence-electron chi connectivity index (χ4n) is 2.41. The summed E-state index contributed by atoms with van der Waals surface area (Å²) in [5.74, 6) is -0.513. The van der Waals surface area contributed by atoms with E-state index in [-0.39, 0.29) is 16.6 Å². The van der Waals surface area contributed by atoms with Gasteiger partial charge in [0.1, 0.15) is 0 Å². The minimum absolute atomic E-state index is 0.0534. The van der Waals surface area contributed by atoms with Crippen molar-refractivity contribution in [1.29, 1.82) is 0 Å². The van der Waals surface area contributed by atoms with Gasteiger partial charge in [0.2, 0.25) is 15.9 Å². The molecular weight excluding hydrogens is 352 g/mol. The Bertz CT molecular complexity index is 904. The molecule has 0 heterocycles. The number of nitrogens with one attached hydrogen (secondary N) is 1. The van der Waals surface area contributed by atoms with E-state index in [2.05, 4.69) is 5.32 Å². The smallest absolute Gasteiger partial charge is 0.243 e. The molecule has 6 nitrogen and oxygen atoms in total. The summed E-state index contributed by atoms with van der Waals surface area (Å²) in [6, 6.07) is 12.0. The van der Waals surface area contributed by atoms with Crippen molar-refractivity contribution < 1.29 is 18.0 Å². The number of amides is 1. The average Bonchev–Trinajstić information content (AvgIpc) is 2.60. The maximum Gasteiger partial charge on any atom is 0.243 e. The molecule has 2 aromatic rings. The molecule has 26 heavy (non-hydrogen) atoms. The van der Waals surface area contributed by atoms with Crippen LogP contribution in [0.2, 0.25) is 0 Å². The van der Waals surface area contributed by atoms with Gasteiger partial charge in [0.25, 0.3) is 0 Å². The number of ketones is 1. The summed E-state index contributed by atoms with van der Waals surface area (Å²) in [5, 5.41) is 2.58. The molecule has 0 radical (unpaired) electrons. The lowest BCUT2D eigenvalue weighted by Gasteiger charge is -2.23. The summed E-state index contributed by atoms with van der Waals surface area (Å²) in [6.45, 7) is 4.85. The SMILES string of the molecule is CC(=O)Nc1ccc(S(=O)(=O)N(C)C(C)C(=O)c2ccc(C)cc2)cc1. The van der Waals surface area contributed by atoms with Crippen LogP contribution < -0.4 is 5.32 Å². The van der Waals surface area contributed by atoms with Gasteiger partial charge in [-0.2, -0.15) is 4.31 Å². The van der Waals surface area contributed by atoms with Crippen LogP contribution in [-0.4, -0.2) is 37.5 Å².